The minimum absolute atomic E-state index is 0. The highest BCUT2D eigenvalue weighted by molar-refractivity contribution is 7.12. The lowest BCUT2D eigenvalue weighted by Crippen LogP contribution is -2.33. The lowest BCUT2D eigenvalue weighted by Gasteiger charge is -2.31. The van der Waals surface area contributed by atoms with Crippen LogP contribution in [0.15, 0.2) is 28.8 Å². The Morgan fingerprint density at radius 3 is 2.50 bits per heavy atom. The van der Waals surface area contributed by atoms with Crippen LogP contribution in [0.1, 0.15) is 66.0 Å². The van der Waals surface area contributed by atoms with Crippen molar-refractivity contribution in [2.45, 2.75) is 70.6 Å². The van der Waals surface area contributed by atoms with Crippen molar-refractivity contribution >= 4 is 47.1 Å². The summed E-state index contributed by atoms with van der Waals surface area (Å²) in [4.78, 5) is 6.74. The Bertz CT molecular complexity index is 1240. The fourth-order valence-electron chi connectivity index (χ4n) is 5.91. The van der Waals surface area contributed by atoms with Crippen LogP contribution in [0.3, 0.4) is 0 Å². The van der Waals surface area contributed by atoms with E-state index in [0.29, 0.717) is 18.4 Å². The molecule has 2 fully saturated rings. The molecule has 10 heteroatoms. The molecule has 0 spiro atoms. The van der Waals surface area contributed by atoms with Crippen molar-refractivity contribution in [3.05, 3.63) is 45.3 Å². The van der Waals surface area contributed by atoms with Crippen molar-refractivity contribution in [3.8, 4) is 11.8 Å². The largest absolute Gasteiger partial charge is 0.493 e. The fourth-order valence-corrected chi connectivity index (χ4v) is 6.76. The second-order valence-corrected chi connectivity index (χ2v) is 12.6. The second-order valence-electron chi connectivity index (χ2n) is 11.4. The Hall–Kier alpha value is -1.86. The van der Waals surface area contributed by atoms with Crippen molar-refractivity contribution < 1.29 is 14.4 Å². The number of aryl methyl sites for hydroxylation is 1. The van der Waals surface area contributed by atoms with Crippen LogP contribution in [-0.2, 0) is 19.5 Å². The van der Waals surface area contributed by atoms with Crippen LogP contribution in [0.4, 0.5) is 0 Å². The van der Waals surface area contributed by atoms with E-state index < -0.39 is 0 Å². The summed E-state index contributed by atoms with van der Waals surface area (Å²) in [5, 5.41) is 24.5. The van der Waals surface area contributed by atoms with Gasteiger partial charge >= 0.3 is 0 Å². The van der Waals surface area contributed by atoms with Gasteiger partial charge in [0.05, 0.1) is 24.0 Å². The van der Waals surface area contributed by atoms with Crippen LogP contribution in [0.25, 0.3) is 11.0 Å². The molecule has 1 saturated heterocycles. The van der Waals surface area contributed by atoms with Gasteiger partial charge in [-0.15, -0.1) is 36.2 Å². The van der Waals surface area contributed by atoms with E-state index in [2.05, 4.69) is 53.3 Å². The Labute approximate surface area is 254 Å². The minimum atomic E-state index is -0.142. The Kier molecular flexibility index (Phi) is 12.6. The molecule has 3 aromatic rings. The zero-order valence-electron chi connectivity index (χ0n) is 23.5. The molecule has 2 aliphatic rings. The SMILES string of the molecule is CN(C)Cc1c(OC[C@H]2CC[C@@H](O)CC2)ccc2c(CCC3CCN(Cc4ccc(C#N)s4)CC3)noc12.Cl.Cl. The third kappa shape index (κ3) is 8.34. The molecule has 1 N–H and O–H groups in total. The van der Waals surface area contributed by atoms with Gasteiger partial charge in [0, 0.05) is 23.4 Å². The maximum atomic E-state index is 9.80. The first-order valence-electron chi connectivity index (χ1n) is 14.1. The number of benzene rings is 1. The Balaban J connectivity index is 0.00000220. The molecule has 0 radical (unpaired) electrons. The molecule has 0 amide bonds. The van der Waals surface area contributed by atoms with Gasteiger partial charge in [0.15, 0.2) is 5.58 Å². The highest BCUT2D eigenvalue weighted by Gasteiger charge is 2.24. The number of likely N-dealkylation sites (tertiary alicyclic amines) is 1. The van der Waals surface area contributed by atoms with E-state index in [1.54, 1.807) is 11.3 Å². The summed E-state index contributed by atoms with van der Waals surface area (Å²) in [7, 11) is 4.13. The number of thiophene rings is 1. The van der Waals surface area contributed by atoms with E-state index in [1.807, 2.05) is 6.07 Å². The van der Waals surface area contributed by atoms with E-state index >= 15 is 0 Å². The summed E-state index contributed by atoms with van der Waals surface area (Å²) in [6, 6.07) is 10.5. The predicted octanol–water partition coefficient (Wildman–Crippen LogP) is 6.44. The number of fused-ring (bicyclic) bond motifs is 1. The zero-order valence-corrected chi connectivity index (χ0v) is 26.0. The van der Waals surface area contributed by atoms with Crippen LogP contribution in [-0.4, -0.2) is 60.0 Å². The van der Waals surface area contributed by atoms with Crippen LogP contribution in [0, 0.1) is 23.2 Å². The number of rotatable bonds is 10. The molecule has 1 aromatic carbocycles. The van der Waals surface area contributed by atoms with Crippen molar-refractivity contribution in [1.82, 2.24) is 15.0 Å². The normalized spacial score (nSPS) is 20.2. The average molecular weight is 610 g/mol. The lowest BCUT2D eigenvalue weighted by molar-refractivity contribution is 0.0914. The molecular formula is C30H42Cl2N4O3S. The van der Waals surface area contributed by atoms with Gasteiger partial charge in [-0.1, -0.05) is 5.16 Å². The van der Waals surface area contributed by atoms with Gasteiger partial charge in [-0.3, -0.25) is 4.90 Å². The number of hydrogen-bond acceptors (Lipinski definition) is 8. The molecule has 3 heterocycles. The molecule has 0 bridgehead atoms. The number of aliphatic hydroxyl groups is 1. The first-order valence-corrected chi connectivity index (χ1v) is 14.9. The number of ether oxygens (including phenoxy) is 1. The van der Waals surface area contributed by atoms with Crippen LogP contribution in [0.5, 0.6) is 5.75 Å². The predicted molar refractivity (Wildman–Crippen MR) is 165 cm³/mol. The molecule has 7 nitrogen and oxygen atoms in total. The number of aromatic nitrogens is 1. The molecule has 40 heavy (non-hydrogen) atoms. The molecule has 220 valence electrons. The maximum absolute atomic E-state index is 9.80. The second kappa shape index (κ2) is 15.4. The van der Waals surface area contributed by atoms with Gasteiger partial charge in [0.1, 0.15) is 16.7 Å². The van der Waals surface area contributed by atoms with Crippen molar-refractivity contribution in [2.24, 2.45) is 11.8 Å². The third-order valence-electron chi connectivity index (χ3n) is 8.19. The Morgan fingerprint density at radius 2 is 1.82 bits per heavy atom. The summed E-state index contributed by atoms with van der Waals surface area (Å²) in [5.74, 6) is 2.09. The number of piperidine rings is 1. The molecule has 2 aromatic heterocycles. The number of aliphatic hydroxyl groups excluding tert-OH is 1. The topological polar surface area (TPSA) is 85.8 Å². The highest BCUT2D eigenvalue weighted by Crippen LogP contribution is 2.34. The van der Waals surface area contributed by atoms with Gasteiger partial charge in [-0.25, -0.2) is 0 Å². The Morgan fingerprint density at radius 1 is 1.07 bits per heavy atom. The molecule has 0 atom stereocenters. The number of hydrogen-bond donors (Lipinski definition) is 1. The monoisotopic (exact) mass is 608 g/mol. The summed E-state index contributed by atoms with van der Waals surface area (Å²) in [6.45, 7) is 4.59. The summed E-state index contributed by atoms with van der Waals surface area (Å²) in [6.07, 6.45) is 8.11. The number of nitriles is 1. The molecule has 1 saturated carbocycles. The molecule has 1 aliphatic carbocycles. The van der Waals surface area contributed by atoms with Crippen molar-refractivity contribution in [3.63, 3.8) is 0 Å². The van der Waals surface area contributed by atoms with Gasteiger partial charge in [-0.2, -0.15) is 5.26 Å². The zero-order chi connectivity index (χ0) is 26.5. The van der Waals surface area contributed by atoms with Crippen LogP contribution < -0.4 is 4.74 Å². The van der Waals surface area contributed by atoms with Gasteiger partial charge in [0.2, 0.25) is 0 Å². The standard InChI is InChI=1S/C30H40N4O3S.2ClH/c1-33(2)19-27-29(36-20-22-3-6-23(35)7-4-22)12-10-26-28(32-37-30(26)27)11-5-21-13-15-34(16-14-21)18-25-9-8-24(17-31)38-25;;/h8-10,12,21-23,35H,3-7,11,13-16,18-20H2,1-2H3;2*1H/t22-,23+;;. The van der Waals surface area contributed by atoms with Crippen molar-refractivity contribution in [2.75, 3.05) is 33.8 Å². The molecule has 1 aliphatic heterocycles. The maximum Gasteiger partial charge on any atom is 0.175 e. The van der Waals surface area contributed by atoms with Gasteiger partial charge in [0.25, 0.3) is 0 Å². The van der Waals surface area contributed by atoms with Gasteiger partial charge in [-0.05, 0) is 115 Å². The van der Waals surface area contributed by atoms with E-state index in [0.717, 1.165) is 97.6 Å². The van der Waals surface area contributed by atoms with E-state index in [1.165, 1.54) is 17.7 Å². The molecular weight excluding hydrogens is 567 g/mol. The van der Waals surface area contributed by atoms with Crippen LogP contribution >= 0.6 is 36.2 Å². The summed E-state index contributed by atoms with van der Waals surface area (Å²) < 4.78 is 12.3. The van der Waals surface area contributed by atoms with E-state index in [4.69, 9.17) is 14.5 Å². The third-order valence-corrected chi connectivity index (χ3v) is 9.16. The first kappa shape index (κ1) is 32.7. The summed E-state index contributed by atoms with van der Waals surface area (Å²) >= 11 is 1.61. The summed E-state index contributed by atoms with van der Waals surface area (Å²) in [5.41, 5.74) is 2.98. The highest BCUT2D eigenvalue weighted by atomic mass is 35.5. The van der Waals surface area contributed by atoms with Crippen molar-refractivity contribution in [1.29, 1.82) is 5.26 Å². The fraction of sp³-hybridized carbons (Fsp3) is 0.600. The smallest absolute Gasteiger partial charge is 0.175 e. The first-order chi connectivity index (χ1) is 18.5. The quantitative estimate of drug-likeness (QED) is 0.283. The molecule has 0 unspecified atom stereocenters. The van der Waals surface area contributed by atoms with E-state index in [-0.39, 0.29) is 30.9 Å². The van der Waals surface area contributed by atoms with Crippen LogP contribution in [0.2, 0.25) is 0 Å². The average Bonchev–Trinajstić information content (AvgIpc) is 3.55. The van der Waals surface area contributed by atoms with E-state index in [9.17, 15) is 5.11 Å². The lowest BCUT2D eigenvalue weighted by atomic mass is 9.88. The number of halogens is 2. The number of nitrogens with zero attached hydrogens (tertiary/aromatic N) is 4. The molecule has 5 rings (SSSR count). The van der Waals surface area contributed by atoms with Gasteiger partial charge < -0.3 is 19.3 Å². The minimum Gasteiger partial charge on any atom is -0.493 e.